The number of para-hydroxylation sites is 1. The second kappa shape index (κ2) is 9.09. The Kier molecular flexibility index (Phi) is 6.33. The molecular formula is C21H23N3O5. The summed E-state index contributed by atoms with van der Waals surface area (Å²) in [6.45, 7) is 4.17. The van der Waals surface area contributed by atoms with E-state index in [2.05, 4.69) is 16.0 Å². The number of amides is 3. The topological polar surface area (TPSA) is 106 Å². The molecule has 0 aromatic heterocycles. The van der Waals surface area contributed by atoms with Crippen LogP contribution >= 0.6 is 0 Å². The van der Waals surface area contributed by atoms with Crippen LogP contribution in [0.5, 0.6) is 11.5 Å². The molecule has 0 saturated carbocycles. The van der Waals surface area contributed by atoms with E-state index in [9.17, 15) is 14.4 Å². The summed E-state index contributed by atoms with van der Waals surface area (Å²) in [4.78, 5) is 36.7. The van der Waals surface area contributed by atoms with Crippen molar-refractivity contribution in [2.24, 2.45) is 0 Å². The predicted molar refractivity (Wildman–Crippen MR) is 107 cm³/mol. The zero-order valence-corrected chi connectivity index (χ0v) is 16.3. The zero-order valence-electron chi connectivity index (χ0n) is 16.3. The minimum absolute atomic E-state index is 0.117. The van der Waals surface area contributed by atoms with Gasteiger partial charge in [0.1, 0.15) is 0 Å². The molecular weight excluding hydrogens is 374 g/mol. The molecule has 0 aliphatic carbocycles. The van der Waals surface area contributed by atoms with Crippen LogP contribution in [-0.2, 0) is 16.1 Å². The second-order valence-electron chi connectivity index (χ2n) is 6.65. The van der Waals surface area contributed by atoms with Crippen LogP contribution in [0.2, 0.25) is 0 Å². The van der Waals surface area contributed by atoms with E-state index in [1.54, 1.807) is 36.4 Å². The van der Waals surface area contributed by atoms with Gasteiger partial charge >= 0.3 is 11.8 Å². The minimum Gasteiger partial charge on any atom is -0.454 e. The van der Waals surface area contributed by atoms with E-state index in [1.807, 2.05) is 19.9 Å². The molecule has 1 atom stereocenters. The van der Waals surface area contributed by atoms with Crippen molar-refractivity contribution in [1.82, 2.24) is 10.6 Å². The van der Waals surface area contributed by atoms with Crippen molar-refractivity contribution in [3.63, 3.8) is 0 Å². The molecule has 3 rings (SSSR count). The third-order valence-electron chi connectivity index (χ3n) is 4.51. The highest BCUT2D eigenvalue weighted by Gasteiger charge is 2.19. The number of carbonyl (C=O) groups excluding carboxylic acids is 3. The molecule has 2 aromatic rings. The van der Waals surface area contributed by atoms with Gasteiger partial charge in [-0.3, -0.25) is 14.4 Å². The first-order chi connectivity index (χ1) is 14.0. The van der Waals surface area contributed by atoms with Gasteiger partial charge in [0.15, 0.2) is 11.5 Å². The number of fused-ring (bicyclic) bond motifs is 1. The summed E-state index contributed by atoms with van der Waals surface area (Å²) in [5.74, 6) is -0.627. The molecule has 3 amide bonds. The van der Waals surface area contributed by atoms with Crippen LogP contribution in [0.25, 0.3) is 0 Å². The van der Waals surface area contributed by atoms with Gasteiger partial charge in [-0.1, -0.05) is 25.1 Å². The van der Waals surface area contributed by atoms with E-state index in [0.29, 0.717) is 17.9 Å². The predicted octanol–water partition coefficient (Wildman–Crippen LogP) is 2.20. The van der Waals surface area contributed by atoms with E-state index >= 15 is 0 Å². The maximum absolute atomic E-state index is 12.6. The highest BCUT2D eigenvalue weighted by atomic mass is 16.7. The monoisotopic (exact) mass is 397 g/mol. The average Bonchev–Trinajstić information content (AvgIpc) is 3.20. The number of anilines is 1. The van der Waals surface area contributed by atoms with Crippen molar-refractivity contribution in [1.29, 1.82) is 0 Å². The van der Waals surface area contributed by atoms with Crippen molar-refractivity contribution in [3.8, 4) is 11.5 Å². The van der Waals surface area contributed by atoms with Gasteiger partial charge in [-0.05, 0) is 43.2 Å². The fraction of sp³-hybridized carbons (Fsp3) is 0.286. The fourth-order valence-electron chi connectivity index (χ4n) is 2.69. The Morgan fingerprint density at radius 1 is 1.03 bits per heavy atom. The summed E-state index contributed by atoms with van der Waals surface area (Å²) >= 11 is 0. The van der Waals surface area contributed by atoms with E-state index in [1.165, 1.54) is 0 Å². The lowest BCUT2D eigenvalue weighted by Crippen LogP contribution is -2.40. The number of nitrogens with one attached hydrogen (secondary N) is 3. The Morgan fingerprint density at radius 3 is 2.59 bits per heavy atom. The first kappa shape index (κ1) is 20.2. The van der Waals surface area contributed by atoms with Gasteiger partial charge in [0.2, 0.25) is 6.79 Å². The van der Waals surface area contributed by atoms with E-state index in [4.69, 9.17) is 9.47 Å². The van der Waals surface area contributed by atoms with Gasteiger partial charge in [0.25, 0.3) is 5.91 Å². The van der Waals surface area contributed by atoms with E-state index < -0.39 is 11.8 Å². The van der Waals surface area contributed by atoms with Crippen LogP contribution < -0.4 is 25.4 Å². The standard InChI is InChI=1S/C21H23N3O5/c1-3-13(2)23-20(26)21(27)24-16-7-5-4-6-15(16)19(25)22-11-14-8-9-17-18(10-14)29-12-28-17/h4-10,13H,3,11-12H2,1-2H3,(H,22,25)(H,23,26)(H,24,27)/t13-/m0/s1. The first-order valence-electron chi connectivity index (χ1n) is 9.35. The van der Waals surface area contributed by atoms with Crippen LogP contribution in [-0.4, -0.2) is 30.6 Å². The quantitative estimate of drug-likeness (QED) is 0.648. The summed E-state index contributed by atoms with van der Waals surface area (Å²) in [5.41, 5.74) is 1.37. The molecule has 152 valence electrons. The van der Waals surface area contributed by atoms with Crippen LogP contribution in [0, 0.1) is 0 Å². The minimum atomic E-state index is -0.818. The summed E-state index contributed by atoms with van der Waals surface area (Å²) < 4.78 is 10.6. The Bertz CT molecular complexity index is 928. The van der Waals surface area contributed by atoms with Gasteiger partial charge in [-0.15, -0.1) is 0 Å². The largest absolute Gasteiger partial charge is 0.454 e. The van der Waals surface area contributed by atoms with Crippen molar-refractivity contribution in [3.05, 3.63) is 53.6 Å². The number of hydrogen-bond acceptors (Lipinski definition) is 5. The molecule has 2 aromatic carbocycles. The zero-order chi connectivity index (χ0) is 20.8. The molecule has 3 N–H and O–H groups in total. The van der Waals surface area contributed by atoms with Gasteiger partial charge in [0, 0.05) is 12.6 Å². The maximum Gasteiger partial charge on any atom is 0.313 e. The third-order valence-corrected chi connectivity index (χ3v) is 4.51. The summed E-state index contributed by atoms with van der Waals surface area (Å²) in [6.07, 6.45) is 0.706. The molecule has 1 heterocycles. The van der Waals surface area contributed by atoms with Crippen LogP contribution in [0.3, 0.4) is 0 Å². The van der Waals surface area contributed by atoms with Crippen LogP contribution in [0.15, 0.2) is 42.5 Å². The molecule has 0 radical (unpaired) electrons. The van der Waals surface area contributed by atoms with E-state index in [-0.39, 0.29) is 36.5 Å². The molecule has 0 bridgehead atoms. The molecule has 29 heavy (non-hydrogen) atoms. The summed E-state index contributed by atoms with van der Waals surface area (Å²) in [6, 6.07) is 11.8. The van der Waals surface area contributed by atoms with Crippen molar-refractivity contribution >= 4 is 23.4 Å². The van der Waals surface area contributed by atoms with Gasteiger partial charge in [-0.25, -0.2) is 0 Å². The number of hydrogen-bond donors (Lipinski definition) is 3. The summed E-state index contributed by atoms with van der Waals surface area (Å²) in [7, 11) is 0. The maximum atomic E-state index is 12.6. The highest BCUT2D eigenvalue weighted by Crippen LogP contribution is 2.32. The molecule has 1 aliphatic heterocycles. The Morgan fingerprint density at radius 2 is 1.79 bits per heavy atom. The van der Waals surface area contributed by atoms with Crippen LogP contribution in [0.1, 0.15) is 36.2 Å². The second-order valence-corrected chi connectivity index (χ2v) is 6.65. The average molecular weight is 397 g/mol. The van der Waals surface area contributed by atoms with Gasteiger partial charge in [0.05, 0.1) is 11.3 Å². The fourth-order valence-corrected chi connectivity index (χ4v) is 2.69. The Labute approximate surface area is 168 Å². The smallest absolute Gasteiger partial charge is 0.313 e. The normalized spacial score (nSPS) is 12.8. The number of ether oxygens (including phenoxy) is 2. The lowest BCUT2D eigenvalue weighted by atomic mass is 10.1. The first-order valence-corrected chi connectivity index (χ1v) is 9.35. The van der Waals surface area contributed by atoms with Crippen molar-refractivity contribution in [2.75, 3.05) is 12.1 Å². The molecule has 0 unspecified atom stereocenters. The summed E-state index contributed by atoms with van der Waals surface area (Å²) in [5, 5.41) is 7.90. The SMILES string of the molecule is CC[C@H](C)NC(=O)C(=O)Nc1ccccc1C(=O)NCc1ccc2c(c1)OCO2. The lowest BCUT2D eigenvalue weighted by Gasteiger charge is -2.13. The number of rotatable bonds is 6. The van der Waals surface area contributed by atoms with Crippen molar-refractivity contribution < 1.29 is 23.9 Å². The van der Waals surface area contributed by atoms with Gasteiger partial charge < -0.3 is 25.4 Å². The lowest BCUT2D eigenvalue weighted by molar-refractivity contribution is -0.136. The molecule has 0 fully saturated rings. The van der Waals surface area contributed by atoms with Gasteiger partial charge in [-0.2, -0.15) is 0 Å². The van der Waals surface area contributed by atoms with Crippen LogP contribution in [0.4, 0.5) is 5.69 Å². The van der Waals surface area contributed by atoms with E-state index in [0.717, 1.165) is 5.56 Å². The molecule has 0 saturated heterocycles. The molecule has 0 spiro atoms. The molecule has 8 heteroatoms. The third kappa shape index (κ3) is 5.04. The molecule has 1 aliphatic rings. The number of carbonyl (C=O) groups is 3. The Balaban J connectivity index is 1.64. The van der Waals surface area contributed by atoms with Crippen molar-refractivity contribution in [2.45, 2.75) is 32.9 Å². The molecule has 8 nitrogen and oxygen atoms in total. The number of benzene rings is 2. The highest BCUT2D eigenvalue weighted by molar-refractivity contribution is 6.40. The Hall–Kier alpha value is -3.55.